The average molecular weight is 176 g/mol. The first-order valence-electron chi connectivity index (χ1n) is 3.66. The molecule has 0 aliphatic carbocycles. The fraction of sp³-hybridized carbons (Fsp3) is 0. The van der Waals surface area contributed by atoms with E-state index in [-0.39, 0.29) is 5.82 Å². The van der Waals surface area contributed by atoms with E-state index in [9.17, 15) is 0 Å². The van der Waals surface area contributed by atoms with E-state index in [0.29, 0.717) is 17.1 Å². The van der Waals surface area contributed by atoms with Crippen molar-refractivity contribution in [2.75, 3.05) is 11.5 Å². The van der Waals surface area contributed by atoms with E-state index in [0.717, 1.165) is 0 Å². The van der Waals surface area contributed by atoms with Gasteiger partial charge in [-0.1, -0.05) is 0 Å². The summed E-state index contributed by atoms with van der Waals surface area (Å²) in [5, 5.41) is 14.0. The van der Waals surface area contributed by atoms with Crippen LogP contribution in [0.2, 0.25) is 0 Å². The summed E-state index contributed by atoms with van der Waals surface area (Å²) in [5.74, 6) is 0.278. The van der Waals surface area contributed by atoms with Crippen LogP contribution >= 0.6 is 0 Å². The van der Waals surface area contributed by atoms with Gasteiger partial charge in [-0.3, -0.25) is 5.10 Å². The Balaban J connectivity index is 2.53. The number of H-pyrrole nitrogens is 1. The number of aromatic amines is 1. The molecule has 2 aromatic rings. The number of hydrogen-bond acceptors (Lipinski definition) is 5. The van der Waals surface area contributed by atoms with Crippen molar-refractivity contribution in [1.29, 1.82) is 0 Å². The molecular weight excluding hydrogens is 168 g/mol. The number of nitrogens with two attached hydrogens (primary N) is 2. The molecule has 0 saturated heterocycles. The van der Waals surface area contributed by atoms with Crippen LogP contribution < -0.4 is 11.5 Å². The molecular formula is C7H8N6. The van der Waals surface area contributed by atoms with Crippen molar-refractivity contribution >= 4 is 11.5 Å². The van der Waals surface area contributed by atoms with Gasteiger partial charge in [0.1, 0.15) is 17.1 Å². The molecule has 6 nitrogen and oxygen atoms in total. The number of anilines is 2. The lowest BCUT2D eigenvalue weighted by atomic mass is 10.2. The van der Waals surface area contributed by atoms with Crippen LogP contribution in [0.1, 0.15) is 0 Å². The number of aromatic nitrogens is 4. The fourth-order valence-corrected chi connectivity index (χ4v) is 0.995. The Labute approximate surface area is 74.0 Å². The molecule has 0 fully saturated rings. The lowest BCUT2D eigenvalue weighted by Gasteiger charge is -1.95. The highest BCUT2D eigenvalue weighted by Crippen LogP contribution is 2.24. The zero-order valence-corrected chi connectivity index (χ0v) is 6.73. The van der Waals surface area contributed by atoms with Gasteiger partial charge < -0.3 is 11.5 Å². The third-order valence-corrected chi connectivity index (χ3v) is 1.66. The molecule has 13 heavy (non-hydrogen) atoms. The van der Waals surface area contributed by atoms with Crippen LogP contribution in [0.15, 0.2) is 18.3 Å². The Kier molecular flexibility index (Phi) is 1.59. The molecule has 5 N–H and O–H groups in total. The molecule has 0 spiro atoms. The third kappa shape index (κ3) is 1.18. The van der Waals surface area contributed by atoms with Crippen molar-refractivity contribution in [1.82, 2.24) is 20.4 Å². The quantitative estimate of drug-likeness (QED) is 0.568. The third-order valence-electron chi connectivity index (χ3n) is 1.66. The van der Waals surface area contributed by atoms with Gasteiger partial charge in [0.15, 0.2) is 5.82 Å². The van der Waals surface area contributed by atoms with Gasteiger partial charge in [-0.2, -0.15) is 10.2 Å². The van der Waals surface area contributed by atoms with Crippen LogP contribution in [0.5, 0.6) is 0 Å². The molecule has 2 aromatic heterocycles. The predicted octanol–water partition coefficient (Wildman–Crippen LogP) is 0.0311. The van der Waals surface area contributed by atoms with E-state index in [1.807, 2.05) is 0 Å². The maximum atomic E-state index is 5.65. The molecule has 0 unspecified atom stereocenters. The molecule has 66 valence electrons. The van der Waals surface area contributed by atoms with Crippen molar-refractivity contribution in [3.8, 4) is 11.4 Å². The van der Waals surface area contributed by atoms with E-state index < -0.39 is 0 Å². The average Bonchev–Trinajstić information content (AvgIpc) is 2.49. The summed E-state index contributed by atoms with van der Waals surface area (Å²) in [7, 11) is 0. The van der Waals surface area contributed by atoms with Gasteiger partial charge in [0.05, 0.1) is 0 Å². The molecule has 6 heteroatoms. The molecule has 0 aliphatic rings. The Morgan fingerprint density at radius 2 is 2.15 bits per heavy atom. The number of nitrogens with zero attached hydrogens (tertiary/aromatic N) is 3. The monoisotopic (exact) mass is 176 g/mol. The summed E-state index contributed by atoms with van der Waals surface area (Å²) in [6.45, 7) is 0. The second kappa shape index (κ2) is 2.74. The lowest BCUT2D eigenvalue weighted by Crippen LogP contribution is -1.93. The molecule has 0 bridgehead atoms. The van der Waals surface area contributed by atoms with Gasteiger partial charge in [0.25, 0.3) is 0 Å². The fourth-order valence-electron chi connectivity index (χ4n) is 0.995. The summed E-state index contributed by atoms with van der Waals surface area (Å²) in [6, 6.07) is 3.54. The number of rotatable bonds is 1. The van der Waals surface area contributed by atoms with Gasteiger partial charge >= 0.3 is 0 Å². The normalized spacial score (nSPS) is 10.2. The Morgan fingerprint density at radius 3 is 2.69 bits per heavy atom. The number of hydrogen-bond donors (Lipinski definition) is 3. The highest BCUT2D eigenvalue weighted by atomic mass is 15.2. The van der Waals surface area contributed by atoms with Gasteiger partial charge in [-0.25, -0.2) is 0 Å². The van der Waals surface area contributed by atoms with Crippen LogP contribution in [0, 0.1) is 0 Å². The summed E-state index contributed by atoms with van der Waals surface area (Å²) in [4.78, 5) is 0. The molecule has 0 radical (unpaired) electrons. The van der Waals surface area contributed by atoms with Gasteiger partial charge in [0, 0.05) is 6.20 Å². The maximum absolute atomic E-state index is 5.65. The van der Waals surface area contributed by atoms with Crippen LogP contribution in [0.4, 0.5) is 11.5 Å². The van der Waals surface area contributed by atoms with E-state index in [2.05, 4.69) is 20.4 Å². The first kappa shape index (κ1) is 7.53. The maximum Gasteiger partial charge on any atom is 0.169 e. The zero-order chi connectivity index (χ0) is 9.26. The van der Waals surface area contributed by atoms with E-state index >= 15 is 0 Å². The van der Waals surface area contributed by atoms with Crippen LogP contribution in [0.3, 0.4) is 0 Å². The molecule has 0 atom stereocenters. The van der Waals surface area contributed by atoms with Crippen molar-refractivity contribution < 1.29 is 0 Å². The minimum atomic E-state index is 0.278. The second-order valence-corrected chi connectivity index (χ2v) is 2.51. The highest BCUT2D eigenvalue weighted by Gasteiger charge is 2.09. The van der Waals surface area contributed by atoms with Crippen molar-refractivity contribution in [3.63, 3.8) is 0 Å². The lowest BCUT2D eigenvalue weighted by molar-refractivity contribution is 1.02. The topological polar surface area (TPSA) is 106 Å². The predicted molar refractivity (Wildman–Crippen MR) is 48.4 cm³/mol. The Bertz CT molecular complexity index is 406. The summed E-state index contributed by atoms with van der Waals surface area (Å²) in [6.07, 6.45) is 1.58. The Morgan fingerprint density at radius 1 is 1.31 bits per heavy atom. The van der Waals surface area contributed by atoms with Gasteiger partial charge in [-0.05, 0) is 12.1 Å². The zero-order valence-electron chi connectivity index (χ0n) is 6.73. The molecule has 2 heterocycles. The first-order valence-corrected chi connectivity index (χ1v) is 3.66. The van der Waals surface area contributed by atoms with Crippen molar-refractivity contribution in [2.45, 2.75) is 0 Å². The second-order valence-electron chi connectivity index (χ2n) is 2.51. The van der Waals surface area contributed by atoms with E-state index in [1.54, 1.807) is 18.3 Å². The molecule has 0 amide bonds. The Hall–Kier alpha value is -2.11. The number of nitrogen functional groups attached to an aromatic ring is 2. The molecule has 2 rings (SSSR count). The van der Waals surface area contributed by atoms with Crippen molar-refractivity contribution in [3.05, 3.63) is 18.3 Å². The molecule has 0 aromatic carbocycles. The highest BCUT2D eigenvalue weighted by molar-refractivity contribution is 5.77. The molecule has 0 saturated carbocycles. The SMILES string of the molecule is Nc1n[nH]c(-c2cccnn2)c1N. The number of nitrogens with one attached hydrogen (secondary N) is 1. The van der Waals surface area contributed by atoms with Gasteiger partial charge in [0.2, 0.25) is 0 Å². The van der Waals surface area contributed by atoms with Crippen LogP contribution in [-0.2, 0) is 0 Å². The first-order chi connectivity index (χ1) is 6.29. The standard InChI is InChI=1S/C7H8N6/c8-5-6(12-13-7(5)9)4-2-1-3-10-11-4/h1-3H,8H2,(H3,9,12,13). The minimum Gasteiger partial charge on any atom is -0.394 e. The minimum absolute atomic E-state index is 0.278. The smallest absolute Gasteiger partial charge is 0.169 e. The summed E-state index contributed by atoms with van der Waals surface area (Å²) in [5.41, 5.74) is 12.7. The van der Waals surface area contributed by atoms with Crippen LogP contribution in [-0.4, -0.2) is 20.4 Å². The van der Waals surface area contributed by atoms with Crippen LogP contribution in [0.25, 0.3) is 11.4 Å². The largest absolute Gasteiger partial charge is 0.394 e. The molecule has 0 aliphatic heterocycles. The summed E-state index contributed by atoms with van der Waals surface area (Å²) >= 11 is 0. The van der Waals surface area contributed by atoms with Gasteiger partial charge in [-0.15, -0.1) is 5.10 Å². The van der Waals surface area contributed by atoms with Crippen molar-refractivity contribution in [2.24, 2.45) is 0 Å². The summed E-state index contributed by atoms with van der Waals surface area (Å²) < 4.78 is 0. The van der Waals surface area contributed by atoms with E-state index in [4.69, 9.17) is 11.5 Å². The van der Waals surface area contributed by atoms with E-state index in [1.165, 1.54) is 0 Å².